The third-order valence-electron chi connectivity index (χ3n) is 4.07. The lowest BCUT2D eigenvalue weighted by molar-refractivity contribution is 0.102. The molecular formula is C21H17N5O2. The van der Waals surface area contributed by atoms with Crippen LogP contribution in [0, 0.1) is 6.92 Å². The predicted octanol–water partition coefficient (Wildman–Crippen LogP) is 4.02. The predicted molar refractivity (Wildman–Crippen MR) is 105 cm³/mol. The fraction of sp³-hybridized carbons (Fsp3) is 0.0476. The first kappa shape index (κ1) is 17.4. The van der Waals surface area contributed by atoms with Gasteiger partial charge in [0.2, 0.25) is 5.88 Å². The fourth-order valence-corrected chi connectivity index (χ4v) is 2.64. The normalized spacial score (nSPS) is 10.5. The quantitative estimate of drug-likeness (QED) is 0.573. The van der Waals surface area contributed by atoms with Crippen molar-refractivity contribution in [2.45, 2.75) is 6.92 Å². The number of imidazole rings is 1. The lowest BCUT2D eigenvalue weighted by atomic mass is 10.2. The summed E-state index contributed by atoms with van der Waals surface area (Å²) in [4.78, 5) is 16.3. The number of hydrogen-bond donors (Lipinski definition) is 1. The van der Waals surface area contributed by atoms with E-state index in [-0.39, 0.29) is 5.91 Å². The summed E-state index contributed by atoms with van der Waals surface area (Å²) in [5, 5.41) is 11.1. The van der Waals surface area contributed by atoms with Crippen molar-refractivity contribution in [1.29, 1.82) is 0 Å². The standard InChI is InChI=1S/C21H17N5O2/c1-15-22-13-14-26(15)19-11-12-20(25-24-19)28-18-9-7-17(8-10-18)23-21(27)16-5-3-2-4-6-16/h2-14H,1H3,(H,23,27). The van der Waals surface area contributed by atoms with E-state index in [4.69, 9.17) is 4.74 Å². The lowest BCUT2D eigenvalue weighted by Gasteiger charge is -2.08. The summed E-state index contributed by atoms with van der Waals surface area (Å²) in [5.74, 6) is 2.31. The molecule has 0 fully saturated rings. The molecule has 4 aromatic rings. The van der Waals surface area contributed by atoms with Crippen LogP contribution in [0.3, 0.4) is 0 Å². The maximum Gasteiger partial charge on any atom is 0.255 e. The lowest BCUT2D eigenvalue weighted by Crippen LogP contribution is -2.11. The molecule has 0 spiro atoms. The highest BCUT2D eigenvalue weighted by molar-refractivity contribution is 6.04. The Morgan fingerprint density at radius 3 is 2.39 bits per heavy atom. The summed E-state index contributed by atoms with van der Waals surface area (Å²) in [6.07, 6.45) is 3.53. The van der Waals surface area contributed by atoms with Crippen molar-refractivity contribution in [3.05, 3.63) is 90.5 Å². The molecule has 0 aliphatic carbocycles. The van der Waals surface area contributed by atoms with Gasteiger partial charge in [0.15, 0.2) is 5.82 Å². The number of ether oxygens (including phenoxy) is 1. The van der Waals surface area contributed by atoms with Crippen molar-refractivity contribution in [1.82, 2.24) is 19.7 Å². The van der Waals surface area contributed by atoms with Crippen LogP contribution >= 0.6 is 0 Å². The van der Waals surface area contributed by atoms with Crippen molar-refractivity contribution in [3.63, 3.8) is 0 Å². The molecule has 0 radical (unpaired) electrons. The van der Waals surface area contributed by atoms with E-state index < -0.39 is 0 Å². The van der Waals surface area contributed by atoms with Gasteiger partial charge in [-0.15, -0.1) is 10.2 Å². The van der Waals surface area contributed by atoms with Crippen LogP contribution in [0.2, 0.25) is 0 Å². The van der Waals surface area contributed by atoms with Gasteiger partial charge in [0.05, 0.1) is 0 Å². The van der Waals surface area contributed by atoms with E-state index in [2.05, 4.69) is 20.5 Å². The Balaban J connectivity index is 1.40. The van der Waals surface area contributed by atoms with Crippen molar-refractivity contribution in [2.24, 2.45) is 0 Å². The Labute approximate surface area is 161 Å². The van der Waals surface area contributed by atoms with Crippen LogP contribution in [-0.4, -0.2) is 25.7 Å². The van der Waals surface area contributed by atoms with E-state index >= 15 is 0 Å². The highest BCUT2D eigenvalue weighted by Gasteiger charge is 2.07. The van der Waals surface area contributed by atoms with Crippen molar-refractivity contribution >= 4 is 11.6 Å². The first-order valence-electron chi connectivity index (χ1n) is 8.67. The number of aromatic nitrogens is 4. The van der Waals surface area contributed by atoms with Gasteiger partial charge in [-0.1, -0.05) is 18.2 Å². The molecular weight excluding hydrogens is 354 g/mol. The molecule has 0 aliphatic rings. The number of carbonyl (C=O) groups is 1. The molecule has 2 heterocycles. The molecule has 28 heavy (non-hydrogen) atoms. The molecule has 1 amide bonds. The Morgan fingerprint density at radius 1 is 0.964 bits per heavy atom. The molecule has 0 saturated heterocycles. The number of nitrogens with one attached hydrogen (secondary N) is 1. The Hall–Kier alpha value is -4.00. The van der Waals surface area contributed by atoms with Gasteiger partial charge in [0.25, 0.3) is 5.91 Å². The summed E-state index contributed by atoms with van der Waals surface area (Å²) >= 11 is 0. The Bertz CT molecular complexity index is 1070. The summed E-state index contributed by atoms with van der Waals surface area (Å²) in [7, 11) is 0. The van der Waals surface area contributed by atoms with E-state index in [0.29, 0.717) is 28.7 Å². The van der Waals surface area contributed by atoms with E-state index in [1.165, 1.54) is 0 Å². The zero-order valence-electron chi connectivity index (χ0n) is 15.1. The summed E-state index contributed by atoms with van der Waals surface area (Å²) in [6.45, 7) is 1.89. The number of nitrogens with zero attached hydrogens (tertiary/aromatic N) is 4. The SMILES string of the molecule is Cc1nccn1-c1ccc(Oc2ccc(NC(=O)c3ccccc3)cc2)nn1. The third-order valence-corrected chi connectivity index (χ3v) is 4.07. The van der Waals surface area contributed by atoms with Gasteiger partial charge in [-0.3, -0.25) is 9.36 Å². The number of rotatable bonds is 5. The topological polar surface area (TPSA) is 81.9 Å². The summed E-state index contributed by atoms with van der Waals surface area (Å²) in [6, 6.07) is 19.7. The Morgan fingerprint density at radius 2 is 1.75 bits per heavy atom. The molecule has 7 nitrogen and oxygen atoms in total. The number of amides is 1. The van der Waals surface area contributed by atoms with E-state index in [0.717, 1.165) is 5.82 Å². The zero-order valence-corrected chi connectivity index (χ0v) is 15.1. The van der Waals surface area contributed by atoms with Crippen LogP contribution in [0.1, 0.15) is 16.2 Å². The number of aryl methyl sites for hydroxylation is 1. The van der Waals surface area contributed by atoms with Crippen molar-refractivity contribution < 1.29 is 9.53 Å². The molecule has 2 aromatic carbocycles. The molecule has 0 aliphatic heterocycles. The molecule has 2 aromatic heterocycles. The average molecular weight is 371 g/mol. The van der Waals surface area contributed by atoms with Crippen LogP contribution < -0.4 is 10.1 Å². The van der Waals surface area contributed by atoms with Gasteiger partial charge in [-0.2, -0.15) is 0 Å². The number of anilines is 1. The number of hydrogen-bond acceptors (Lipinski definition) is 5. The molecule has 138 valence electrons. The van der Waals surface area contributed by atoms with E-state index in [9.17, 15) is 4.79 Å². The van der Waals surface area contributed by atoms with Crippen LogP contribution in [0.15, 0.2) is 79.1 Å². The molecule has 0 unspecified atom stereocenters. The largest absolute Gasteiger partial charge is 0.438 e. The van der Waals surface area contributed by atoms with Gasteiger partial charge < -0.3 is 10.1 Å². The smallest absolute Gasteiger partial charge is 0.255 e. The van der Waals surface area contributed by atoms with Crippen LogP contribution in [0.25, 0.3) is 5.82 Å². The van der Waals surface area contributed by atoms with Gasteiger partial charge in [0, 0.05) is 29.7 Å². The van der Waals surface area contributed by atoms with Crippen LogP contribution in [0.5, 0.6) is 11.6 Å². The molecule has 7 heteroatoms. The van der Waals surface area contributed by atoms with Gasteiger partial charge in [-0.05, 0) is 49.4 Å². The highest BCUT2D eigenvalue weighted by atomic mass is 16.5. The second-order valence-corrected chi connectivity index (χ2v) is 6.02. The summed E-state index contributed by atoms with van der Waals surface area (Å²) in [5.41, 5.74) is 1.28. The minimum atomic E-state index is -0.162. The van der Waals surface area contributed by atoms with Gasteiger partial charge in [0.1, 0.15) is 11.6 Å². The molecule has 0 bridgehead atoms. The molecule has 4 rings (SSSR count). The molecule has 0 atom stereocenters. The Kier molecular flexibility index (Phi) is 4.79. The van der Waals surface area contributed by atoms with E-state index in [1.54, 1.807) is 48.7 Å². The van der Waals surface area contributed by atoms with Gasteiger partial charge >= 0.3 is 0 Å². The third kappa shape index (κ3) is 3.88. The average Bonchev–Trinajstić information content (AvgIpc) is 3.16. The fourth-order valence-electron chi connectivity index (χ4n) is 2.64. The van der Waals surface area contributed by atoms with Crippen LogP contribution in [-0.2, 0) is 0 Å². The van der Waals surface area contributed by atoms with Crippen molar-refractivity contribution in [2.75, 3.05) is 5.32 Å². The molecule has 0 saturated carbocycles. The molecule has 1 N–H and O–H groups in total. The van der Waals surface area contributed by atoms with Crippen molar-refractivity contribution in [3.8, 4) is 17.4 Å². The maximum atomic E-state index is 12.2. The number of benzene rings is 2. The second-order valence-electron chi connectivity index (χ2n) is 6.02. The first-order chi connectivity index (χ1) is 13.7. The van der Waals surface area contributed by atoms with Crippen LogP contribution in [0.4, 0.5) is 5.69 Å². The van der Waals surface area contributed by atoms with E-state index in [1.807, 2.05) is 42.0 Å². The minimum absolute atomic E-state index is 0.162. The number of carbonyl (C=O) groups excluding carboxylic acids is 1. The maximum absolute atomic E-state index is 12.2. The second kappa shape index (κ2) is 7.71. The first-order valence-corrected chi connectivity index (χ1v) is 8.67. The summed E-state index contributed by atoms with van der Waals surface area (Å²) < 4.78 is 7.55. The minimum Gasteiger partial charge on any atom is -0.438 e. The van der Waals surface area contributed by atoms with Gasteiger partial charge in [-0.25, -0.2) is 4.98 Å². The zero-order chi connectivity index (χ0) is 19.3. The highest BCUT2D eigenvalue weighted by Crippen LogP contribution is 2.22. The monoisotopic (exact) mass is 371 g/mol.